The van der Waals surface area contributed by atoms with Gasteiger partial charge < -0.3 is 15.3 Å². The van der Waals surface area contributed by atoms with E-state index in [-0.39, 0.29) is 23.5 Å². The van der Waals surface area contributed by atoms with Crippen LogP contribution >= 0.6 is 0 Å². The Bertz CT molecular complexity index is 530. The van der Waals surface area contributed by atoms with Gasteiger partial charge in [-0.15, -0.1) is 0 Å². The lowest BCUT2D eigenvalue weighted by molar-refractivity contribution is -0.135. The zero-order valence-electron chi connectivity index (χ0n) is 12.5. The molecule has 2 rings (SSSR count). The van der Waals surface area contributed by atoms with Gasteiger partial charge in [0.05, 0.1) is 0 Å². The fourth-order valence-corrected chi connectivity index (χ4v) is 2.50. The Hall–Kier alpha value is -2.04. The Balaban J connectivity index is 2.17. The van der Waals surface area contributed by atoms with Gasteiger partial charge in [0.2, 0.25) is 11.8 Å². The van der Waals surface area contributed by atoms with E-state index in [2.05, 4.69) is 5.32 Å². The molecule has 1 aromatic rings. The summed E-state index contributed by atoms with van der Waals surface area (Å²) in [6.07, 6.45) is 1.15. The van der Waals surface area contributed by atoms with E-state index in [1.807, 2.05) is 19.9 Å². The number of nitrogens with zero attached hydrogens (tertiary/aromatic N) is 1. The van der Waals surface area contributed by atoms with Gasteiger partial charge in [0.25, 0.3) is 0 Å². The number of rotatable bonds is 4. The average Bonchev–Trinajstić information content (AvgIpc) is 2.60. The van der Waals surface area contributed by atoms with E-state index in [0.29, 0.717) is 19.5 Å². The number of benzene rings is 1. The smallest absolute Gasteiger partial charge is 0.245 e. The highest BCUT2D eigenvalue weighted by Gasteiger charge is 2.32. The van der Waals surface area contributed by atoms with Crippen LogP contribution in [0, 0.1) is 5.92 Å². The number of amides is 2. The largest absolute Gasteiger partial charge is 0.508 e. The van der Waals surface area contributed by atoms with Crippen LogP contribution in [0.3, 0.4) is 0 Å². The molecule has 0 bridgehead atoms. The maximum atomic E-state index is 12.6. The first kappa shape index (κ1) is 15.4. The molecule has 2 amide bonds. The molecule has 1 saturated heterocycles. The SMILES string of the molecule is CCC(C)C1NC(=O)CCN(Cc2cccc(O)c2)C1=O. The number of hydrogen-bond donors (Lipinski definition) is 2. The van der Waals surface area contributed by atoms with Crippen molar-refractivity contribution in [2.24, 2.45) is 5.92 Å². The highest BCUT2D eigenvalue weighted by atomic mass is 16.3. The minimum absolute atomic E-state index is 0.0430. The van der Waals surface area contributed by atoms with Crippen molar-refractivity contribution in [1.82, 2.24) is 10.2 Å². The minimum atomic E-state index is -0.456. The molecule has 1 aromatic carbocycles. The first-order chi connectivity index (χ1) is 10.0. The molecule has 0 spiro atoms. The van der Waals surface area contributed by atoms with Crippen molar-refractivity contribution in [3.8, 4) is 5.75 Å². The van der Waals surface area contributed by atoms with Crippen LogP contribution in [0.15, 0.2) is 24.3 Å². The molecule has 2 N–H and O–H groups in total. The molecule has 1 heterocycles. The molecule has 0 aromatic heterocycles. The standard InChI is InChI=1S/C16H22N2O3/c1-3-11(2)15-16(21)18(8-7-14(20)17-15)10-12-5-4-6-13(19)9-12/h4-6,9,11,15,19H,3,7-8,10H2,1-2H3,(H,17,20). The van der Waals surface area contributed by atoms with E-state index in [1.54, 1.807) is 23.1 Å². The Morgan fingerprint density at radius 1 is 1.43 bits per heavy atom. The molecule has 0 saturated carbocycles. The number of carbonyl (C=O) groups is 2. The van der Waals surface area contributed by atoms with Crippen molar-refractivity contribution in [2.45, 2.75) is 39.3 Å². The van der Waals surface area contributed by atoms with Crippen molar-refractivity contribution in [3.63, 3.8) is 0 Å². The predicted molar refractivity (Wildman–Crippen MR) is 79.5 cm³/mol. The van der Waals surface area contributed by atoms with Crippen LogP contribution in [0.5, 0.6) is 5.75 Å². The number of nitrogens with one attached hydrogen (secondary N) is 1. The molecule has 0 radical (unpaired) electrons. The van der Waals surface area contributed by atoms with Crippen molar-refractivity contribution in [2.75, 3.05) is 6.54 Å². The molecule has 21 heavy (non-hydrogen) atoms. The van der Waals surface area contributed by atoms with Gasteiger partial charge in [-0.05, 0) is 23.6 Å². The third-order valence-electron chi connectivity index (χ3n) is 4.00. The summed E-state index contributed by atoms with van der Waals surface area (Å²) in [5.41, 5.74) is 0.862. The van der Waals surface area contributed by atoms with Crippen molar-refractivity contribution in [1.29, 1.82) is 0 Å². The van der Waals surface area contributed by atoms with Gasteiger partial charge in [-0.3, -0.25) is 9.59 Å². The second-order valence-electron chi connectivity index (χ2n) is 5.61. The lowest BCUT2D eigenvalue weighted by Gasteiger charge is -2.27. The molecule has 1 fully saturated rings. The lowest BCUT2D eigenvalue weighted by Crippen LogP contribution is -2.48. The second kappa shape index (κ2) is 6.61. The number of phenolic OH excluding ortho intramolecular Hbond substituents is 1. The molecular weight excluding hydrogens is 268 g/mol. The normalized spacial score (nSPS) is 20.9. The van der Waals surface area contributed by atoms with E-state index in [1.165, 1.54) is 0 Å². The highest BCUT2D eigenvalue weighted by molar-refractivity contribution is 5.90. The van der Waals surface area contributed by atoms with Gasteiger partial charge in [0.1, 0.15) is 11.8 Å². The Labute approximate surface area is 125 Å². The summed E-state index contributed by atoms with van der Waals surface area (Å²) in [4.78, 5) is 26.1. The zero-order valence-corrected chi connectivity index (χ0v) is 12.5. The first-order valence-corrected chi connectivity index (χ1v) is 7.37. The van der Waals surface area contributed by atoms with Crippen LogP contribution < -0.4 is 5.32 Å². The zero-order chi connectivity index (χ0) is 15.4. The molecule has 5 nitrogen and oxygen atoms in total. The molecule has 2 atom stereocenters. The fourth-order valence-electron chi connectivity index (χ4n) is 2.50. The van der Waals surface area contributed by atoms with E-state index < -0.39 is 6.04 Å². The van der Waals surface area contributed by atoms with Gasteiger partial charge in [-0.25, -0.2) is 0 Å². The van der Waals surface area contributed by atoms with Gasteiger partial charge in [-0.2, -0.15) is 0 Å². The van der Waals surface area contributed by atoms with Crippen molar-refractivity contribution in [3.05, 3.63) is 29.8 Å². The summed E-state index contributed by atoms with van der Waals surface area (Å²) in [5, 5.41) is 12.3. The van der Waals surface area contributed by atoms with Crippen LogP contribution in [0.25, 0.3) is 0 Å². The van der Waals surface area contributed by atoms with E-state index in [0.717, 1.165) is 12.0 Å². The van der Waals surface area contributed by atoms with E-state index >= 15 is 0 Å². The Morgan fingerprint density at radius 2 is 2.19 bits per heavy atom. The third kappa shape index (κ3) is 3.74. The van der Waals surface area contributed by atoms with E-state index in [4.69, 9.17) is 0 Å². The van der Waals surface area contributed by atoms with Gasteiger partial charge >= 0.3 is 0 Å². The quantitative estimate of drug-likeness (QED) is 0.886. The molecule has 1 aliphatic rings. The lowest BCUT2D eigenvalue weighted by atomic mass is 9.98. The molecule has 5 heteroatoms. The molecule has 1 aliphatic heterocycles. The van der Waals surface area contributed by atoms with Gasteiger partial charge in [0, 0.05) is 19.5 Å². The fraction of sp³-hybridized carbons (Fsp3) is 0.500. The first-order valence-electron chi connectivity index (χ1n) is 7.37. The van der Waals surface area contributed by atoms with Crippen molar-refractivity contribution < 1.29 is 14.7 Å². The van der Waals surface area contributed by atoms with Crippen LogP contribution in [0.4, 0.5) is 0 Å². The highest BCUT2D eigenvalue weighted by Crippen LogP contribution is 2.18. The molecule has 0 aliphatic carbocycles. The summed E-state index contributed by atoms with van der Waals surface area (Å²) in [6.45, 7) is 4.80. The summed E-state index contributed by atoms with van der Waals surface area (Å²) in [6, 6.07) is 6.41. The average molecular weight is 290 g/mol. The number of carbonyl (C=O) groups excluding carboxylic acids is 2. The number of phenols is 1. The summed E-state index contributed by atoms with van der Waals surface area (Å²) >= 11 is 0. The van der Waals surface area contributed by atoms with Gasteiger partial charge in [0.15, 0.2) is 0 Å². The summed E-state index contributed by atoms with van der Waals surface area (Å²) in [5.74, 6) is 0.166. The topological polar surface area (TPSA) is 69.6 Å². The third-order valence-corrected chi connectivity index (χ3v) is 4.00. The second-order valence-corrected chi connectivity index (χ2v) is 5.61. The predicted octanol–water partition coefficient (Wildman–Crippen LogP) is 1.66. The Kier molecular flexibility index (Phi) is 4.83. The van der Waals surface area contributed by atoms with Gasteiger partial charge in [-0.1, -0.05) is 32.4 Å². The Morgan fingerprint density at radius 3 is 2.86 bits per heavy atom. The summed E-state index contributed by atoms with van der Waals surface area (Å²) < 4.78 is 0. The van der Waals surface area contributed by atoms with Crippen LogP contribution in [-0.4, -0.2) is 34.4 Å². The minimum Gasteiger partial charge on any atom is -0.508 e. The molecule has 2 unspecified atom stereocenters. The van der Waals surface area contributed by atoms with Crippen molar-refractivity contribution >= 4 is 11.8 Å². The summed E-state index contributed by atoms with van der Waals surface area (Å²) in [7, 11) is 0. The molecular formula is C16H22N2O3. The number of aromatic hydroxyl groups is 1. The maximum absolute atomic E-state index is 12.6. The van der Waals surface area contributed by atoms with Crippen LogP contribution in [0.2, 0.25) is 0 Å². The van der Waals surface area contributed by atoms with Crippen LogP contribution in [0.1, 0.15) is 32.3 Å². The van der Waals surface area contributed by atoms with Crippen LogP contribution in [-0.2, 0) is 16.1 Å². The number of hydrogen-bond acceptors (Lipinski definition) is 3. The van der Waals surface area contributed by atoms with E-state index in [9.17, 15) is 14.7 Å². The monoisotopic (exact) mass is 290 g/mol. The maximum Gasteiger partial charge on any atom is 0.245 e. The molecule has 114 valence electrons.